The molecule has 1 atom stereocenters. The highest BCUT2D eigenvalue weighted by molar-refractivity contribution is 6.08. The van der Waals surface area contributed by atoms with E-state index >= 15 is 0 Å². The second-order valence-electron chi connectivity index (χ2n) is 3.83. The van der Waals surface area contributed by atoms with Crippen LogP contribution in [0, 0.1) is 0 Å². The van der Waals surface area contributed by atoms with Gasteiger partial charge in [0.15, 0.2) is 5.78 Å². The minimum Gasteiger partial charge on any atom is -0.452 e. The van der Waals surface area contributed by atoms with Crippen LogP contribution in [0.3, 0.4) is 0 Å². The Labute approximate surface area is 93.8 Å². The van der Waals surface area contributed by atoms with E-state index in [0.29, 0.717) is 17.7 Å². The zero-order chi connectivity index (χ0) is 11.7. The minimum atomic E-state index is -0.424. The average molecular weight is 219 g/mol. The van der Waals surface area contributed by atoms with Gasteiger partial charge < -0.3 is 4.74 Å². The molecule has 1 heterocycles. The van der Waals surface area contributed by atoms with Crippen LogP contribution in [0.1, 0.15) is 23.7 Å². The Morgan fingerprint density at radius 3 is 2.81 bits per heavy atom. The Hall–Kier alpha value is -1.84. The SMILES string of the molecule is COC(=O)N1c2ccccc2C(=O)CC1C. The Morgan fingerprint density at radius 2 is 2.12 bits per heavy atom. The normalized spacial score (nSPS) is 19.2. The molecule has 1 aromatic carbocycles. The maximum Gasteiger partial charge on any atom is 0.414 e. The number of carbonyl (C=O) groups excluding carboxylic acids is 2. The number of ether oxygens (including phenoxy) is 1. The molecule has 4 nitrogen and oxygen atoms in total. The fraction of sp³-hybridized carbons (Fsp3) is 0.333. The zero-order valence-electron chi connectivity index (χ0n) is 9.27. The highest BCUT2D eigenvalue weighted by Crippen LogP contribution is 2.30. The minimum absolute atomic E-state index is 0.0725. The van der Waals surface area contributed by atoms with Gasteiger partial charge in [0.05, 0.1) is 12.8 Å². The van der Waals surface area contributed by atoms with E-state index in [1.165, 1.54) is 12.0 Å². The molecule has 0 spiro atoms. The van der Waals surface area contributed by atoms with Gasteiger partial charge in [0, 0.05) is 18.0 Å². The number of hydrogen-bond donors (Lipinski definition) is 0. The maximum atomic E-state index is 11.8. The summed E-state index contributed by atoms with van der Waals surface area (Å²) in [7, 11) is 1.34. The fourth-order valence-electron chi connectivity index (χ4n) is 2.00. The first-order chi connectivity index (χ1) is 7.65. The topological polar surface area (TPSA) is 46.6 Å². The number of amides is 1. The van der Waals surface area contributed by atoms with Gasteiger partial charge in [-0.05, 0) is 19.1 Å². The summed E-state index contributed by atoms with van der Waals surface area (Å²) in [4.78, 5) is 24.9. The predicted molar refractivity (Wildman–Crippen MR) is 59.7 cm³/mol. The molecule has 0 radical (unpaired) electrons. The van der Waals surface area contributed by atoms with Crippen LogP contribution in [-0.2, 0) is 4.74 Å². The number of para-hydroxylation sites is 1. The molecule has 4 heteroatoms. The van der Waals surface area contributed by atoms with Crippen LogP contribution in [0.4, 0.5) is 10.5 Å². The molecule has 1 aliphatic rings. The summed E-state index contributed by atoms with van der Waals surface area (Å²) >= 11 is 0. The van der Waals surface area contributed by atoms with Crippen LogP contribution in [0.5, 0.6) is 0 Å². The van der Waals surface area contributed by atoms with Gasteiger partial charge >= 0.3 is 6.09 Å². The summed E-state index contributed by atoms with van der Waals surface area (Å²) in [5.74, 6) is 0.0725. The summed E-state index contributed by atoms with van der Waals surface area (Å²) in [6, 6.07) is 6.94. The molecule has 0 saturated heterocycles. The van der Waals surface area contributed by atoms with Gasteiger partial charge in [-0.25, -0.2) is 4.79 Å². The number of fused-ring (bicyclic) bond motifs is 1. The smallest absolute Gasteiger partial charge is 0.414 e. The molecule has 1 amide bonds. The van der Waals surface area contributed by atoms with Gasteiger partial charge in [0.1, 0.15) is 0 Å². The predicted octanol–water partition coefficient (Wildman–Crippen LogP) is 2.23. The molecule has 0 aliphatic carbocycles. The van der Waals surface area contributed by atoms with Gasteiger partial charge in [-0.1, -0.05) is 12.1 Å². The molecule has 0 fully saturated rings. The number of rotatable bonds is 0. The van der Waals surface area contributed by atoms with Crippen LogP contribution >= 0.6 is 0 Å². The number of anilines is 1. The second kappa shape index (κ2) is 3.96. The van der Waals surface area contributed by atoms with Crippen LogP contribution < -0.4 is 4.90 Å². The van der Waals surface area contributed by atoms with Gasteiger partial charge in [-0.2, -0.15) is 0 Å². The van der Waals surface area contributed by atoms with Crippen molar-refractivity contribution in [3.63, 3.8) is 0 Å². The van der Waals surface area contributed by atoms with E-state index in [-0.39, 0.29) is 11.8 Å². The molecule has 0 aromatic heterocycles. The second-order valence-corrected chi connectivity index (χ2v) is 3.83. The van der Waals surface area contributed by atoms with E-state index in [1.54, 1.807) is 24.3 Å². The number of Topliss-reactive ketones (excluding diaryl/α,β-unsaturated/α-hetero) is 1. The number of ketones is 1. The molecule has 1 aromatic rings. The van der Waals surface area contributed by atoms with Gasteiger partial charge in [0.2, 0.25) is 0 Å². The van der Waals surface area contributed by atoms with Crippen molar-refractivity contribution in [3.05, 3.63) is 29.8 Å². The lowest BCUT2D eigenvalue weighted by Crippen LogP contribution is -2.43. The lowest BCUT2D eigenvalue weighted by Gasteiger charge is -2.32. The number of nitrogens with zero attached hydrogens (tertiary/aromatic N) is 1. The quantitative estimate of drug-likeness (QED) is 0.672. The summed E-state index contributed by atoms with van der Waals surface area (Å²) < 4.78 is 4.73. The highest BCUT2D eigenvalue weighted by Gasteiger charge is 2.32. The van der Waals surface area contributed by atoms with Crippen LogP contribution in [0.15, 0.2) is 24.3 Å². The first-order valence-corrected chi connectivity index (χ1v) is 5.14. The van der Waals surface area contributed by atoms with Crippen LogP contribution in [0.2, 0.25) is 0 Å². The van der Waals surface area contributed by atoms with Crippen molar-refractivity contribution < 1.29 is 14.3 Å². The van der Waals surface area contributed by atoms with Crippen molar-refractivity contribution >= 4 is 17.6 Å². The molecule has 2 rings (SSSR count). The first-order valence-electron chi connectivity index (χ1n) is 5.14. The monoisotopic (exact) mass is 219 g/mol. The number of hydrogen-bond acceptors (Lipinski definition) is 3. The molecule has 0 saturated carbocycles. The summed E-state index contributed by atoms with van der Waals surface area (Å²) in [6.45, 7) is 1.84. The van der Waals surface area contributed by atoms with E-state index in [0.717, 1.165) is 0 Å². The third kappa shape index (κ3) is 1.56. The molecule has 0 N–H and O–H groups in total. The average Bonchev–Trinajstić information content (AvgIpc) is 2.28. The Morgan fingerprint density at radius 1 is 1.44 bits per heavy atom. The third-order valence-electron chi connectivity index (χ3n) is 2.76. The van der Waals surface area contributed by atoms with Crippen LogP contribution in [0.25, 0.3) is 0 Å². The zero-order valence-corrected chi connectivity index (χ0v) is 9.27. The van der Waals surface area contributed by atoms with Gasteiger partial charge in [-0.15, -0.1) is 0 Å². The molecule has 1 unspecified atom stereocenters. The van der Waals surface area contributed by atoms with E-state index in [4.69, 9.17) is 4.74 Å². The molecular formula is C12H13NO3. The third-order valence-corrected chi connectivity index (χ3v) is 2.76. The standard InChI is InChI=1S/C12H13NO3/c1-8-7-11(14)9-5-3-4-6-10(9)13(8)12(15)16-2/h3-6,8H,7H2,1-2H3. The van der Waals surface area contributed by atoms with Crippen molar-refractivity contribution in [2.45, 2.75) is 19.4 Å². The number of methoxy groups -OCH3 is 1. The van der Waals surface area contributed by atoms with E-state index in [2.05, 4.69) is 0 Å². The van der Waals surface area contributed by atoms with Crippen LogP contribution in [-0.4, -0.2) is 25.0 Å². The molecular weight excluding hydrogens is 206 g/mol. The molecule has 16 heavy (non-hydrogen) atoms. The summed E-state index contributed by atoms with van der Waals surface area (Å²) in [6.07, 6.45) is -0.0843. The van der Waals surface area contributed by atoms with Crippen molar-refractivity contribution in [2.75, 3.05) is 12.0 Å². The van der Waals surface area contributed by atoms with E-state index < -0.39 is 6.09 Å². The Kier molecular flexibility index (Phi) is 2.64. The van der Waals surface area contributed by atoms with Crippen molar-refractivity contribution in [3.8, 4) is 0 Å². The first kappa shape index (κ1) is 10.7. The van der Waals surface area contributed by atoms with Crippen molar-refractivity contribution in [1.29, 1.82) is 0 Å². The molecule has 84 valence electrons. The number of carbonyl (C=O) groups is 2. The van der Waals surface area contributed by atoms with E-state index in [9.17, 15) is 9.59 Å². The Bertz CT molecular complexity index is 442. The van der Waals surface area contributed by atoms with Gasteiger partial charge in [0.25, 0.3) is 0 Å². The maximum absolute atomic E-state index is 11.8. The summed E-state index contributed by atoms with van der Waals surface area (Å²) in [5, 5.41) is 0. The van der Waals surface area contributed by atoms with E-state index in [1.807, 2.05) is 6.92 Å². The van der Waals surface area contributed by atoms with Crippen molar-refractivity contribution in [1.82, 2.24) is 0 Å². The lowest BCUT2D eigenvalue weighted by atomic mass is 9.96. The largest absolute Gasteiger partial charge is 0.452 e. The van der Waals surface area contributed by atoms with Crippen molar-refractivity contribution in [2.24, 2.45) is 0 Å². The van der Waals surface area contributed by atoms with Gasteiger partial charge in [-0.3, -0.25) is 9.69 Å². The lowest BCUT2D eigenvalue weighted by molar-refractivity contribution is 0.0967. The number of benzene rings is 1. The Balaban J connectivity index is 2.51. The summed E-state index contributed by atoms with van der Waals surface area (Å²) in [5.41, 5.74) is 1.23. The molecule has 0 bridgehead atoms. The fourth-order valence-corrected chi connectivity index (χ4v) is 2.00. The molecule has 1 aliphatic heterocycles. The highest BCUT2D eigenvalue weighted by atomic mass is 16.5.